The van der Waals surface area contributed by atoms with Gasteiger partial charge in [0.15, 0.2) is 0 Å². The molecule has 4 rings (SSSR count). The van der Waals surface area contributed by atoms with Crippen molar-refractivity contribution in [1.82, 2.24) is 19.8 Å². The van der Waals surface area contributed by atoms with Crippen LogP contribution in [0.4, 0.5) is 0 Å². The maximum absolute atomic E-state index is 13.0. The molecule has 154 valence electrons. The van der Waals surface area contributed by atoms with Gasteiger partial charge in [0.1, 0.15) is 0 Å². The van der Waals surface area contributed by atoms with Gasteiger partial charge < -0.3 is 4.90 Å². The zero-order valence-corrected chi connectivity index (χ0v) is 17.7. The van der Waals surface area contributed by atoms with Gasteiger partial charge in [-0.2, -0.15) is 0 Å². The Labute approximate surface area is 178 Å². The Morgan fingerprint density at radius 3 is 2.67 bits per heavy atom. The van der Waals surface area contributed by atoms with Crippen LogP contribution >= 0.6 is 0 Å². The second kappa shape index (κ2) is 9.18. The summed E-state index contributed by atoms with van der Waals surface area (Å²) in [4.78, 5) is 26.1. The van der Waals surface area contributed by atoms with Crippen LogP contribution in [0.3, 0.4) is 0 Å². The molecule has 0 aliphatic carbocycles. The van der Waals surface area contributed by atoms with Crippen LogP contribution in [0.2, 0.25) is 0 Å². The molecule has 1 aliphatic rings. The predicted octanol–water partition coefficient (Wildman–Crippen LogP) is 3.58. The van der Waals surface area contributed by atoms with E-state index in [2.05, 4.69) is 51.3 Å². The van der Waals surface area contributed by atoms with Gasteiger partial charge in [0.2, 0.25) is 5.91 Å². The molecule has 0 unspecified atom stereocenters. The second-order valence-electron chi connectivity index (χ2n) is 8.11. The maximum Gasteiger partial charge on any atom is 0.227 e. The average Bonchev–Trinajstić information content (AvgIpc) is 2.89. The molecule has 1 fully saturated rings. The highest BCUT2D eigenvalue weighted by Crippen LogP contribution is 2.23. The fraction of sp³-hybridized carbons (Fsp3) is 0.320. The molecule has 0 spiro atoms. The number of hydrogen-bond acceptors (Lipinski definition) is 4. The zero-order valence-electron chi connectivity index (χ0n) is 17.7. The van der Waals surface area contributed by atoms with Crippen LogP contribution in [0.15, 0.2) is 67.0 Å². The van der Waals surface area contributed by atoms with Crippen LogP contribution in [-0.2, 0) is 17.8 Å². The van der Waals surface area contributed by atoms with E-state index in [1.807, 2.05) is 43.3 Å². The quantitative estimate of drug-likeness (QED) is 0.657. The van der Waals surface area contributed by atoms with E-state index in [0.717, 1.165) is 55.1 Å². The van der Waals surface area contributed by atoms with Crippen LogP contribution in [0, 0.1) is 12.8 Å². The Hall–Kier alpha value is -3.05. The summed E-state index contributed by atoms with van der Waals surface area (Å²) >= 11 is 0. The standard InChI is InChI=1S/C25H28N4O/c1-19-6-3-10-24(27-19)18-29-13-12-28(2)25(30)23(17-29)15-20-7-4-8-21(14-20)22-9-5-11-26-16-22/h3-11,14,16,23H,12-13,15,17-18H2,1-2H3/t23-/m1/s1. The summed E-state index contributed by atoms with van der Waals surface area (Å²) in [6.45, 7) is 5.15. The SMILES string of the molecule is Cc1cccc(CN2CCN(C)C(=O)[C@H](Cc3cccc(-c4cccnc4)c3)C2)n1. The largest absolute Gasteiger partial charge is 0.344 e. The van der Waals surface area contributed by atoms with Crippen molar-refractivity contribution in [2.45, 2.75) is 19.9 Å². The lowest BCUT2D eigenvalue weighted by molar-refractivity contribution is -0.133. The average molecular weight is 401 g/mol. The number of hydrogen-bond donors (Lipinski definition) is 0. The number of carbonyl (C=O) groups is 1. The lowest BCUT2D eigenvalue weighted by Crippen LogP contribution is -2.34. The van der Waals surface area contributed by atoms with Crippen molar-refractivity contribution in [1.29, 1.82) is 0 Å². The van der Waals surface area contributed by atoms with Crippen molar-refractivity contribution >= 4 is 5.91 Å². The van der Waals surface area contributed by atoms with E-state index in [4.69, 9.17) is 0 Å². The first-order chi connectivity index (χ1) is 14.6. The number of carbonyl (C=O) groups excluding carboxylic acids is 1. The third-order valence-electron chi connectivity index (χ3n) is 5.69. The van der Waals surface area contributed by atoms with E-state index in [9.17, 15) is 4.79 Å². The summed E-state index contributed by atoms with van der Waals surface area (Å²) in [5.74, 6) is 0.160. The minimum absolute atomic E-state index is 0.0635. The van der Waals surface area contributed by atoms with Crippen molar-refractivity contribution in [2.75, 3.05) is 26.7 Å². The van der Waals surface area contributed by atoms with E-state index in [0.29, 0.717) is 0 Å². The Bertz CT molecular complexity index is 1000. The highest BCUT2D eigenvalue weighted by Gasteiger charge is 2.28. The molecule has 3 heterocycles. The van der Waals surface area contributed by atoms with Gasteiger partial charge in [0.25, 0.3) is 0 Å². The van der Waals surface area contributed by atoms with Crippen molar-refractivity contribution in [2.24, 2.45) is 5.92 Å². The normalized spacial score (nSPS) is 17.7. The Morgan fingerprint density at radius 2 is 1.87 bits per heavy atom. The fourth-order valence-electron chi connectivity index (χ4n) is 4.10. The van der Waals surface area contributed by atoms with Crippen LogP contribution in [0.1, 0.15) is 17.0 Å². The molecule has 30 heavy (non-hydrogen) atoms. The van der Waals surface area contributed by atoms with Gasteiger partial charge >= 0.3 is 0 Å². The number of aryl methyl sites for hydroxylation is 1. The molecule has 1 amide bonds. The molecule has 1 saturated heterocycles. The number of rotatable bonds is 5. The summed E-state index contributed by atoms with van der Waals surface area (Å²) in [6.07, 6.45) is 4.39. The number of benzene rings is 1. The minimum atomic E-state index is -0.0635. The molecule has 5 nitrogen and oxygen atoms in total. The monoisotopic (exact) mass is 400 g/mol. The van der Waals surface area contributed by atoms with Gasteiger partial charge in [0.05, 0.1) is 11.6 Å². The molecule has 0 N–H and O–H groups in total. The van der Waals surface area contributed by atoms with E-state index < -0.39 is 0 Å². The Kier molecular flexibility index (Phi) is 6.19. The van der Waals surface area contributed by atoms with Crippen molar-refractivity contribution < 1.29 is 4.79 Å². The van der Waals surface area contributed by atoms with Crippen molar-refractivity contribution in [3.63, 3.8) is 0 Å². The highest BCUT2D eigenvalue weighted by molar-refractivity contribution is 5.79. The lowest BCUT2D eigenvalue weighted by Gasteiger charge is -2.23. The predicted molar refractivity (Wildman–Crippen MR) is 119 cm³/mol. The number of pyridine rings is 2. The lowest BCUT2D eigenvalue weighted by atomic mass is 9.95. The Morgan fingerprint density at radius 1 is 1.03 bits per heavy atom. The van der Waals surface area contributed by atoms with E-state index in [1.165, 1.54) is 5.56 Å². The molecular formula is C25H28N4O. The van der Waals surface area contributed by atoms with Crippen LogP contribution in [0.5, 0.6) is 0 Å². The summed E-state index contributed by atoms with van der Waals surface area (Å²) in [6, 6.07) is 18.6. The first-order valence-corrected chi connectivity index (χ1v) is 10.5. The first kappa shape index (κ1) is 20.2. The molecule has 1 aromatic carbocycles. The van der Waals surface area contributed by atoms with Gasteiger partial charge in [-0.1, -0.05) is 36.4 Å². The van der Waals surface area contributed by atoms with E-state index in [-0.39, 0.29) is 11.8 Å². The summed E-state index contributed by atoms with van der Waals surface area (Å²) in [7, 11) is 1.91. The fourth-order valence-corrected chi connectivity index (χ4v) is 4.10. The van der Waals surface area contributed by atoms with Gasteiger partial charge in [-0.05, 0) is 48.2 Å². The molecule has 0 bridgehead atoms. The van der Waals surface area contributed by atoms with Crippen LogP contribution in [0.25, 0.3) is 11.1 Å². The van der Waals surface area contributed by atoms with Gasteiger partial charge in [0, 0.05) is 51.3 Å². The molecule has 2 aromatic heterocycles. The topological polar surface area (TPSA) is 49.3 Å². The zero-order chi connectivity index (χ0) is 20.9. The summed E-state index contributed by atoms with van der Waals surface area (Å²) < 4.78 is 0. The third-order valence-corrected chi connectivity index (χ3v) is 5.69. The number of likely N-dealkylation sites (N-methyl/N-ethyl adjacent to an activating group) is 1. The second-order valence-corrected chi connectivity index (χ2v) is 8.11. The van der Waals surface area contributed by atoms with Crippen molar-refractivity contribution in [3.8, 4) is 11.1 Å². The van der Waals surface area contributed by atoms with E-state index in [1.54, 1.807) is 6.20 Å². The molecule has 0 saturated carbocycles. The molecule has 5 heteroatoms. The van der Waals surface area contributed by atoms with Gasteiger partial charge in [-0.3, -0.25) is 19.7 Å². The first-order valence-electron chi connectivity index (χ1n) is 10.5. The summed E-state index contributed by atoms with van der Waals surface area (Å²) in [5.41, 5.74) is 5.49. The Balaban J connectivity index is 1.52. The van der Waals surface area contributed by atoms with Gasteiger partial charge in [-0.25, -0.2) is 0 Å². The smallest absolute Gasteiger partial charge is 0.227 e. The number of amides is 1. The maximum atomic E-state index is 13.0. The number of nitrogens with zero attached hydrogens (tertiary/aromatic N) is 4. The number of aromatic nitrogens is 2. The molecule has 1 aliphatic heterocycles. The third kappa shape index (κ3) is 4.92. The minimum Gasteiger partial charge on any atom is -0.344 e. The highest BCUT2D eigenvalue weighted by atomic mass is 16.2. The van der Waals surface area contributed by atoms with Crippen LogP contribution in [-0.4, -0.2) is 52.4 Å². The van der Waals surface area contributed by atoms with Crippen LogP contribution < -0.4 is 0 Å². The molecule has 1 atom stereocenters. The molecule has 0 radical (unpaired) electrons. The molecular weight excluding hydrogens is 372 g/mol. The molecule has 3 aromatic rings. The van der Waals surface area contributed by atoms with Crippen molar-refractivity contribution in [3.05, 3.63) is 83.9 Å². The van der Waals surface area contributed by atoms with E-state index >= 15 is 0 Å². The van der Waals surface area contributed by atoms with Gasteiger partial charge in [-0.15, -0.1) is 0 Å². The summed E-state index contributed by atoms with van der Waals surface area (Å²) in [5, 5.41) is 0.